The number of rotatable bonds is 6. The maximum absolute atomic E-state index is 10.2. The molecule has 0 aliphatic carbocycles. The van der Waals surface area contributed by atoms with Crippen LogP contribution in [0.4, 0.5) is 0 Å². The highest BCUT2D eigenvalue weighted by molar-refractivity contribution is 5.01. The molecule has 16 heavy (non-hydrogen) atoms. The van der Waals surface area contributed by atoms with Gasteiger partial charge in [0.2, 0.25) is 0 Å². The Morgan fingerprint density at radius 1 is 1.56 bits per heavy atom. The highest BCUT2D eigenvalue weighted by Crippen LogP contribution is 2.12. The predicted molar refractivity (Wildman–Crippen MR) is 65.3 cm³/mol. The fourth-order valence-electron chi connectivity index (χ4n) is 1.56. The number of hydrogen-bond acceptors (Lipinski definition) is 3. The van der Waals surface area contributed by atoms with Crippen LogP contribution in [0.5, 0.6) is 0 Å². The molecule has 1 unspecified atom stereocenters. The van der Waals surface area contributed by atoms with Crippen molar-refractivity contribution < 1.29 is 5.11 Å². The number of nitrogens with one attached hydrogen (secondary N) is 1. The van der Waals surface area contributed by atoms with Crippen molar-refractivity contribution in [2.45, 2.75) is 45.3 Å². The van der Waals surface area contributed by atoms with E-state index in [2.05, 4.69) is 24.3 Å². The standard InChI is InChI=1S/C12H23N3O/c1-10(2)13-9-12(3,16)7-5-11-6-8-14-15(11)4/h6,8,10,13,16H,5,7,9H2,1-4H3. The second kappa shape index (κ2) is 5.46. The lowest BCUT2D eigenvalue weighted by molar-refractivity contribution is 0.0487. The minimum absolute atomic E-state index is 0.406. The van der Waals surface area contributed by atoms with Crippen molar-refractivity contribution >= 4 is 0 Å². The smallest absolute Gasteiger partial charge is 0.0747 e. The van der Waals surface area contributed by atoms with Crippen LogP contribution < -0.4 is 5.32 Å². The summed E-state index contributed by atoms with van der Waals surface area (Å²) in [5.41, 5.74) is 0.499. The Morgan fingerprint density at radius 2 is 2.25 bits per heavy atom. The Kier molecular flexibility index (Phi) is 4.50. The lowest BCUT2D eigenvalue weighted by Gasteiger charge is -2.25. The first-order valence-electron chi connectivity index (χ1n) is 5.83. The van der Waals surface area contributed by atoms with Crippen LogP contribution in [0.3, 0.4) is 0 Å². The number of aromatic nitrogens is 2. The van der Waals surface area contributed by atoms with Crippen molar-refractivity contribution in [3.05, 3.63) is 18.0 Å². The third-order valence-corrected chi connectivity index (χ3v) is 2.73. The van der Waals surface area contributed by atoms with Gasteiger partial charge in [-0.15, -0.1) is 0 Å². The van der Waals surface area contributed by atoms with E-state index in [9.17, 15) is 5.11 Å². The molecule has 1 rings (SSSR count). The number of aliphatic hydroxyl groups is 1. The molecular formula is C12H23N3O. The third-order valence-electron chi connectivity index (χ3n) is 2.73. The first-order chi connectivity index (χ1) is 7.41. The second-order valence-corrected chi connectivity index (χ2v) is 4.98. The van der Waals surface area contributed by atoms with E-state index in [1.807, 2.05) is 24.7 Å². The molecule has 1 heterocycles. The zero-order chi connectivity index (χ0) is 12.2. The van der Waals surface area contributed by atoms with E-state index in [1.54, 1.807) is 6.20 Å². The molecule has 0 amide bonds. The molecule has 1 atom stereocenters. The fourth-order valence-corrected chi connectivity index (χ4v) is 1.56. The monoisotopic (exact) mass is 225 g/mol. The van der Waals surface area contributed by atoms with Crippen LogP contribution >= 0.6 is 0 Å². The molecule has 0 bridgehead atoms. The van der Waals surface area contributed by atoms with Gasteiger partial charge in [-0.05, 0) is 25.8 Å². The first-order valence-corrected chi connectivity index (χ1v) is 5.83. The summed E-state index contributed by atoms with van der Waals surface area (Å²) in [6.45, 7) is 6.66. The predicted octanol–water partition coefficient (Wildman–Crippen LogP) is 1.10. The topological polar surface area (TPSA) is 50.1 Å². The maximum atomic E-state index is 10.2. The molecule has 0 aliphatic heterocycles. The molecular weight excluding hydrogens is 202 g/mol. The molecule has 0 radical (unpaired) electrons. The zero-order valence-electron chi connectivity index (χ0n) is 10.7. The third kappa shape index (κ3) is 4.33. The van der Waals surface area contributed by atoms with Gasteiger partial charge in [-0.3, -0.25) is 4.68 Å². The van der Waals surface area contributed by atoms with Gasteiger partial charge < -0.3 is 10.4 Å². The highest BCUT2D eigenvalue weighted by Gasteiger charge is 2.20. The molecule has 4 heteroatoms. The summed E-state index contributed by atoms with van der Waals surface area (Å²) in [5, 5.41) is 17.5. The van der Waals surface area contributed by atoms with Crippen molar-refractivity contribution in [1.82, 2.24) is 15.1 Å². The summed E-state index contributed by atoms with van der Waals surface area (Å²) >= 11 is 0. The van der Waals surface area contributed by atoms with Gasteiger partial charge >= 0.3 is 0 Å². The summed E-state index contributed by atoms with van der Waals surface area (Å²) < 4.78 is 1.85. The maximum Gasteiger partial charge on any atom is 0.0747 e. The molecule has 0 fully saturated rings. The Morgan fingerprint density at radius 3 is 2.75 bits per heavy atom. The van der Waals surface area contributed by atoms with E-state index in [4.69, 9.17) is 0 Å². The Balaban J connectivity index is 2.38. The second-order valence-electron chi connectivity index (χ2n) is 4.98. The highest BCUT2D eigenvalue weighted by atomic mass is 16.3. The van der Waals surface area contributed by atoms with Crippen LogP contribution in [0.1, 0.15) is 32.9 Å². The molecule has 92 valence electrons. The molecule has 2 N–H and O–H groups in total. The van der Waals surface area contributed by atoms with Crippen LogP contribution in [0, 0.1) is 0 Å². The van der Waals surface area contributed by atoms with Gasteiger partial charge in [-0.1, -0.05) is 13.8 Å². The van der Waals surface area contributed by atoms with E-state index in [0.29, 0.717) is 12.6 Å². The Labute approximate surface area is 97.7 Å². The normalized spacial score (nSPS) is 15.4. The van der Waals surface area contributed by atoms with Crippen molar-refractivity contribution in [3.63, 3.8) is 0 Å². The van der Waals surface area contributed by atoms with Crippen LogP contribution in [0.25, 0.3) is 0 Å². The molecule has 1 aromatic heterocycles. The minimum atomic E-state index is -0.658. The quantitative estimate of drug-likeness (QED) is 0.762. The van der Waals surface area contributed by atoms with Crippen LogP contribution in [0.2, 0.25) is 0 Å². The fraction of sp³-hybridized carbons (Fsp3) is 0.750. The van der Waals surface area contributed by atoms with E-state index in [1.165, 1.54) is 0 Å². The summed E-state index contributed by atoms with van der Waals surface area (Å²) in [6.07, 6.45) is 3.38. The Hall–Kier alpha value is -0.870. The van der Waals surface area contributed by atoms with Gasteiger partial charge in [0, 0.05) is 31.5 Å². The van der Waals surface area contributed by atoms with Crippen LogP contribution in [0.15, 0.2) is 12.3 Å². The van der Waals surface area contributed by atoms with Gasteiger partial charge in [-0.2, -0.15) is 5.10 Å². The van der Waals surface area contributed by atoms with Crippen molar-refractivity contribution in [3.8, 4) is 0 Å². The molecule has 0 aromatic carbocycles. The van der Waals surface area contributed by atoms with Crippen molar-refractivity contribution in [2.75, 3.05) is 6.54 Å². The zero-order valence-corrected chi connectivity index (χ0v) is 10.7. The van der Waals surface area contributed by atoms with Gasteiger partial charge in [0.25, 0.3) is 0 Å². The minimum Gasteiger partial charge on any atom is -0.389 e. The Bertz CT molecular complexity index is 318. The van der Waals surface area contributed by atoms with E-state index < -0.39 is 5.60 Å². The van der Waals surface area contributed by atoms with Gasteiger partial charge in [-0.25, -0.2) is 0 Å². The molecule has 0 saturated heterocycles. The lowest BCUT2D eigenvalue weighted by Crippen LogP contribution is -2.41. The molecule has 0 spiro atoms. The van der Waals surface area contributed by atoms with Crippen molar-refractivity contribution in [1.29, 1.82) is 0 Å². The van der Waals surface area contributed by atoms with Crippen LogP contribution in [-0.2, 0) is 13.5 Å². The van der Waals surface area contributed by atoms with Crippen LogP contribution in [-0.4, -0.2) is 33.1 Å². The summed E-state index contributed by atoms with van der Waals surface area (Å²) in [7, 11) is 1.93. The average Bonchev–Trinajstić information content (AvgIpc) is 2.59. The average molecular weight is 225 g/mol. The molecule has 0 aliphatic rings. The number of nitrogens with zero attached hydrogens (tertiary/aromatic N) is 2. The van der Waals surface area contributed by atoms with Gasteiger partial charge in [0.05, 0.1) is 5.60 Å². The van der Waals surface area contributed by atoms with Crippen molar-refractivity contribution in [2.24, 2.45) is 7.05 Å². The summed E-state index contributed by atoms with van der Waals surface area (Å²) in [5.74, 6) is 0. The van der Waals surface area contributed by atoms with E-state index in [-0.39, 0.29) is 0 Å². The number of hydrogen-bond donors (Lipinski definition) is 2. The SMILES string of the molecule is CC(C)NCC(C)(O)CCc1ccnn1C. The summed E-state index contributed by atoms with van der Waals surface area (Å²) in [4.78, 5) is 0. The molecule has 4 nitrogen and oxygen atoms in total. The largest absolute Gasteiger partial charge is 0.389 e. The molecule has 0 saturated carbocycles. The molecule has 1 aromatic rings. The first kappa shape index (κ1) is 13.2. The van der Waals surface area contributed by atoms with E-state index in [0.717, 1.165) is 18.5 Å². The van der Waals surface area contributed by atoms with Gasteiger partial charge in [0.15, 0.2) is 0 Å². The van der Waals surface area contributed by atoms with E-state index >= 15 is 0 Å². The lowest BCUT2D eigenvalue weighted by atomic mass is 9.98. The number of aryl methyl sites for hydroxylation is 2. The summed E-state index contributed by atoms with van der Waals surface area (Å²) in [6, 6.07) is 2.40. The van der Waals surface area contributed by atoms with Gasteiger partial charge in [0.1, 0.15) is 0 Å².